The summed E-state index contributed by atoms with van der Waals surface area (Å²) >= 11 is -0.606. The maximum atomic E-state index is 2.64. The minimum atomic E-state index is -1.16. The summed E-state index contributed by atoms with van der Waals surface area (Å²) in [7, 11) is -1.16. The molecular weight excluding hydrogens is 490 g/mol. The van der Waals surface area contributed by atoms with Crippen LogP contribution in [-0.4, -0.2) is 8.07 Å². The Kier molecular flexibility index (Phi) is 8.65. The quantitative estimate of drug-likeness (QED) is 0.528. The van der Waals surface area contributed by atoms with E-state index in [1.807, 2.05) is 8.85 Å². The standard InChI is InChI=1S/C17H19.C8H13Si.2ClH.Zr/c1-12-7-9-14(10-8-12)17-13(2)11-15-5-3-4-6-16(15)17;1-9(2,3)8-6-4-5-7-8;;;/h7-11H,3-6H2,1-2H3;6-7H,4H2,1-3H3;2*1H;/q;;;;+2/p-2. The van der Waals surface area contributed by atoms with Crippen LogP contribution in [-0.2, 0) is 23.2 Å². The average molecular weight is 523 g/mol. The fourth-order valence-electron chi connectivity index (χ4n) is 4.83. The SMILES string of the molecule is CC1=C(c2ccc(C)cc2)C2=C(CCCC2)[CH]1[Zr+2][C]1=CC([Si](C)(C)C)=CC1.[Cl-].[Cl-]. The molecule has 1 atom stereocenters. The first-order valence-corrected chi connectivity index (χ1v) is 16.7. The molecule has 0 amide bonds. The van der Waals surface area contributed by atoms with Crippen molar-refractivity contribution in [3.05, 3.63) is 72.7 Å². The summed E-state index contributed by atoms with van der Waals surface area (Å²) in [5, 5.41) is 1.70. The molecule has 4 heteroatoms. The summed E-state index contributed by atoms with van der Waals surface area (Å²) in [5.41, 5.74) is 9.76. The molecule has 1 aromatic rings. The van der Waals surface area contributed by atoms with E-state index in [9.17, 15) is 0 Å². The van der Waals surface area contributed by atoms with Crippen LogP contribution in [0.5, 0.6) is 0 Å². The molecule has 0 N–H and O–H groups in total. The molecule has 0 radical (unpaired) electrons. The summed E-state index contributed by atoms with van der Waals surface area (Å²) in [6, 6.07) is 9.30. The Morgan fingerprint density at radius 2 is 1.59 bits per heavy atom. The molecule has 29 heavy (non-hydrogen) atoms. The summed E-state index contributed by atoms with van der Waals surface area (Å²) in [6.45, 7) is 12.1. The topological polar surface area (TPSA) is 0 Å². The zero-order valence-corrected chi connectivity index (χ0v) is 23.3. The normalized spacial score (nSPS) is 21.1. The number of rotatable bonds is 4. The average Bonchev–Trinajstić information content (AvgIpc) is 3.20. The van der Waals surface area contributed by atoms with Gasteiger partial charge in [0.15, 0.2) is 0 Å². The van der Waals surface area contributed by atoms with Gasteiger partial charge in [0, 0.05) is 0 Å². The second kappa shape index (κ2) is 9.99. The van der Waals surface area contributed by atoms with Crippen molar-refractivity contribution in [1.82, 2.24) is 0 Å². The van der Waals surface area contributed by atoms with Crippen LogP contribution < -0.4 is 24.8 Å². The van der Waals surface area contributed by atoms with Gasteiger partial charge >= 0.3 is 179 Å². The molecule has 4 rings (SSSR count). The Morgan fingerprint density at radius 3 is 2.21 bits per heavy atom. The molecule has 0 aromatic heterocycles. The third-order valence-electron chi connectivity index (χ3n) is 6.40. The smallest absolute Gasteiger partial charge is 1.00 e. The van der Waals surface area contributed by atoms with Gasteiger partial charge in [-0.3, -0.25) is 0 Å². The Morgan fingerprint density at radius 1 is 0.931 bits per heavy atom. The third-order valence-corrected chi connectivity index (χ3v) is 12.9. The first-order valence-electron chi connectivity index (χ1n) is 10.5. The predicted molar refractivity (Wildman–Crippen MR) is 117 cm³/mol. The number of hydrogen-bond donors (Lipinski definition) is 0. The van der Waals surface area contributed by atoms with Crippen LogP contribution in [0.15, 0.2) is 61.6 Å². The van der Waals surface area contributed by atoms with E-state index in [4.69, 9.17) is 0 Å². The molecular formula is C25H32Cl2SiZr. The molecule has 0 heterocycles. The van der Waals surface area contributed by atoms with Gasteiger partial charge in [-0.15, -0.1) is 0 Å². The number of halogens is 2. The number of allylic oxidation sites excluding steroid dienone is 8. The van der Waals surface area contributed by atoms with Gasteiger partial charge in [0.25, 0.3) is 0 Å². The molecule has 0 aliphatic heterocycles. The van der Waals surface area contributed by atoms with E-state index in [-0.39, 0.29) is 24.8 Å². The van der Waals surface area contributed by atoms with Crippen molar-refractivity contribution >= 4 is 13.6 Å². The largest absolute Gasteiger partial charge is 1.00 e. The summed E-state index contributed by atoms with van der Waals surface area (Å²) < 4.78 is 2.66. The van der Waals surface area contributed by atoms with Crippen LogP contribution in [0.1, 0.15) is 50.2 Å². The Hall–Kier alpha value is -0.140. The van der Waals surface area contributed by atoms with Crippen LogP contribution >= 0.6 is 0 Å². The number of hydrogen-bond acceptors (Lipinski definition) is 0. The number of aryl methyl sites for hydroxylation is 1. The Labute approximate surface area is 202 Å². The van der Waals surface area contributed by atoms with Crippen LogP contribution in [0.4, 0.5) is 0 Å². The molecule has 154 valence electrons. The van der Waals surface area contributed by atoms with Crippen LogP contribution in [0.2, 0.25) is 23.3 Å². The molecule has 0 saturated heterocycles. The van der Waals surface area contributed by atoms with Gasteiger partial charge < -0.3 is 24.8 Å². The Bertz CT molecular complexity index is 882. The predicted octanol–water partition coefficient (Wildman–Crippen LogP) is 1.62. The minimum Gasteiger partial charge on any atom is -1.00 e. The third kappa shape index (κ3) is 5.20. The summed E-state index contributed by atoms with van der Waals surface area (Å²) in [6.07, 6.45) is 11.9. The fourth-order valence-corrected chi connectivity index (χ4v) is 10.6. The Balaban J connectivity index is 0.00000150. The zero-order chi connectivity index (χ0) is 19.2. The first kappa shape index (κ1) is 25.1. The molecule has 0 spiro atoms. The van der Waals surface area contributed by atoms with Gasteiger partial charge in [-0.1, -0.05) is 0 Å². The fraction of sp³-hybridized carbons (Fsp3) is 0.440. The van der Waals surface area contributed by atoms with Crippen molar-refractivity contribution < 1.29 is 48.0 Å². The second-order valence-electron chi connectivity index (χ2n) is 9.50. The molecule has 3 aliphatic carbocycles. The van der Waals surface area contributed by atoms with E-state index in [2.05, 4.69) is 69.9 Å². The molecule has 0 fully saturated rings. The summed E-state index contributed by atoms with van der Waals surface area (Å²) in [5.74, 6) is 0. The van der Waals surface area contributed by atoms with Gasteiger partial charge in [-0.25, -0.2) is 0 Å². The molecule has 0 bridgehead atoms. The van der Waals surface area contributed by atoms with E-state index >= 15 is 0 Å². The van der Waals surface area contributed by atoms with Crippen molar-refractivity contribution in [3.63, 3.8) is 0 Å². The summed E-state index contributed by atoms with van der Waals surface area (Å²) in [4.78, 5) is 0. The molecule has 0 nitrogen and oxygen atoms in total. The van der Waals surface area contributed by atoms with Gasteiger partial charge in [0.05, 0.1) is 0 Å². The van der Waals surface area contributed by atoms with Gasteiger partial charge in [0.1, 0.15) is 0 Å². The van der Waals surface area contributed by atoms with Gasteiger partial charge in [0.2, 0.25) is 0 Å². The van der Waals surface area contributed by atoms with Crippen LogP contribution in [0.3, 0.4) is 0 Å². The second-order valence-corrected chi connectivity index (χ2v) is 18.3. The molecule has 1 aromatic carbocycles. The maximum absolute atomic E-state index is 2.64. The zero-order valence-electron chi connectivity index (χ0n) is 18.3. The monoisotopic (exact) mass is 520 g/mol. The van der Waals surface area contributed by atoms with E-state index in [1.165, 1.54) is 43.2 Å². The first-order chi connectivity index (χ1) is 12.8. The van der Waals surface area contributed by atoms with Crippen molar-refractivity contribution in [2.75, 3.05) is 0 Å². The van der Waals surface area contributed by atoms with E-state index in [1.54, 1.807) is 21.9 Å². The minimum absolute atomic E-state index is 0. The van der Waals surface area contributed by atoms with E-state index in [0.717, 1.165) is 3.63 Å². The van der Waals surface area contributed by atoms with Crippen molar-refractivity contribution in [2.45, 2.75) is 69.2 Å². The van der Waals surface area contributed by atoms with Crippen molar-refractivity contribution in [3.8, 4) is 0 Å². The van der Waals surface area contributed by atoms with E-state index < -0.39 is 31.3 Å². The molecule has 3 aliphatic rings. The number of benzene rings is 1. The van der Waals surface area contributed by atoms with Gasteiger partial charge in [-0.2, -0.15) is 0 Å². The van der Waals surface area contributed by atoms with Crippen LogP contribution in [0.25, 0.3) is 5.57 Å². The van der Waals surface area contributed by atoms with Crippen molar-refractivity contribution in [2.24, 2.45) is 0 Å². The van der Waals surface area contributed by atoms with E-state index in [0.29, 0.717) is 0 Å². The molecule has 1 unspecified atom stereocenters. The van der Waals surface area contributed by atoms with Crippen LogP contribution in [0, 0.1) is 6.92 Å². The maximum Gasteiger partial charge on any atom is -1.00 e. The molecule has 0 saturated carbocycles. The van der Waals surface area contributed by atoms with Crippen molar-refractivity contribution in [1.29, 1.82) is 0 Å². The van der Waals surface area contributed by atoms with Gasteiger partial charge in [-0.05, 0) is 0 Å².